The van der Waals surface area contributed by atoms with Crippen molar-refractivity contribution in [1.29, 1.82) is 0 Å². The van der Waals surface area contributed by atoms with E-state index in [0.717, 1.165) is 6.07 Å². The molecular weight excluding hydrogens is 248 g/mol. The van der Waals surface area contributed by atoms with Crippen LogP contribution in [-0.4, -0.2) is 25.2 Å². The third-order valence-corrected chi connectivity index (χ3v) is 1.96. The standard InChI is InChI=1S/C10H11F2N3O3/c11-6-4-7(12)8(13)3-5(6)9(16)15-1-2-18-10(14)17/h3-4H,1-2,13H2,(H2,14,17)(H,15,16). The van der Waals surface area contributed by atoms with Crippen LogP contribution in [0.25, 0.3) is 0 Å². The van der Waals surface area contributed by atoms with Crippen LogP contribution in [0.2, 0.25) is 0 Å². The van der Waals surface area contributed by atoms with Gasteiger partial charge in [0.15, 0.2) is 0 Å². The summed E-state index contributed by atoms with van der Waals surface area (Å²) in [6, 6.07) is 1.40. The number of halogens is 2. The Balaban J connectivity index is 2.62. The smallest absolute Gasteiger partial charge is 0.404 e. The topological polar surface area (TPSA) is 107 Å². The van der Waals surface area contributed by atoms with E-state index in [9.17, 15) is 18.4 Å². The maximum Gasteiger partial charge on any atom is 0.404 e. The van der Waals surface area contributed by atoms with E-state index in [-0.39, 0.29) is 18.8 Å². The minimum Gasteiger partial charge on any atom is -0.448 e. The second-order valence-corrected chi connectivity index (χ2v) is 3.28. The fourth-order valence-corrected chi connectivity index (χ4v) is 1.15. The van der Waals surface area contributed by atoms with Gasteiger partial charge in [0.25, 0.3) is 5.91 Å². The zero-order valence-corrected chi connectivity index (χ0v) is 9.20. The third-order valence-electron chi connectivity index (χ3n) is 1.96. The number of rotatable bonds is 4. The molecule has 1 aromatic rings. The Labute approximate surface area is 101 Å². The Morgan fingerprint density at radius 1 is 1.28 bits per heavy atom. The second kappa shape index (κ2) is 5.80. The van der Waals surface area contributed by atoms with Crippen molar-refractivity contribution in [3.05, 3.63) is 29.3 Å². The summed E-state index contributed by atoms with van der Waals surface area (Å²) in [5.74, 6) is -2.77. The van der Waals surface area contributed by atoms with Crippen LogP contribution in [0.4, 0.5) is 19.3 Å². The number of nitrogens with two attached hydrogens (primary N) is 2. The van der Waals surface area contributed by atoms with Gasteiger partial charge >= 0.3 is 6.09 Å². The minimum absolute atomic E-state index is 0.0570. The van der Waals surface area contributed by atoms with Crippen LogP contribution in [0.1, 0.15) is 10.4 Å². The van der Waals surface area contributed by atoms with Gasteiger partial charge in [0.1, 0.15) is 18.2 Å². The first kappa shape index (κ1) is 13.7. The van der Waals surface area contributed by atoms with Crippen molar-refractivity contribution in [1.82, 2.24) is 5.32 Å². The first-order valence-corrected chi connectivity index (χ1v) is 4.86. The Hall–Kier alpha value is -2.38. The number of hydrogen-bond donors (Lipinski definition) is 3. The Bertz CT molecular complexity index is 480. The van der Waals surface area contributed by atoms with Crippen molar-refractivity contribution in [3.8, 4) is 0 Å². The number of carbonyl (C=O) groups is 2. The molecule has 5 N–H and O–H groups in total. The zero-order valence-electron chi connectivity index (χ0n) is 9.20. The number of amides is 2. The van der Waals surface area contributed by atoms with E-state index in [1.54, 1.807) is 0 Å². The molecule has 0 spiro atoms. The summed E-state index contributed by atoms with van der Waals surface area (Å²) in [6.45, 7) is -0.210. The number of carbonyl (C=O) groups excluding carboxylic acids is 2. The van der Waals surface area contributed by atoms with Crippen molar-refractivity contribution in [2.45, 2.75) is 0 Å². The molecule has 0 aliphatic carbocycles. The Kier molecular flexibility index (Phi) is 4.41. The summed E-state index contributed by atoms with van der Waals surface area (Å²) in [6.07, 6.45) is -0.985. The number of primary amides is 1. The van der Waals surface area contributed by atoms with Crippen molar-refractivity contribution in [2.24, 2.45) is 5.73 Å². The van der Waals surface area contributed by atoms with Crippen LogP contribution in [0.3, 0.4) is 0 Å². The number of ether oxygens (including phenoxy) is 1. The molecule has 0 bridgehead atoms. The summed E-state index contributed by atoms with van der Waals surface area (Å²) in [7, 11) is 0. The van der Waals surface area contributed by atoms with Gasteiger partial charge in [0.05, 0.1) is 17.8 Å². The number of anilines is 1. The highest BCUT2D eigenvalue weighted by Crippen LogP contribution is 2.16. The van der Waals surface area contributed by atoms with Gasteiger partial charge in [0, 0.05) is 6.07 Å². The summed E-state index contributed by atoms with van der Waals surface area (Å²) in [5.41, 5.74) is 9.17. The first-order valence-electron chi connectivity index (χ1n) is 4.86. The molecule has 6 nitrogen and oxygen atoms in total. The van der Waals surface area contributed by atoms with Crippen LogP contribution in [-0.2, 0) is 4.74 Å². The highest BCUT2D eigenvalue weighted by molar-refractivity contribution is 5.95. The lowest BCUT2D eigenvalue weighted by Gasteiger charge is -2.07. The molecule has 2 amide bonds. The summed E-state index contributed by atoms with van der Waals surface area (Å²) < 4.78 is 30.5. The summed E-state index contributed by atoms with van der Waals surface area (Å²) >= 11 is 0. The van der Waals surface area contributed by atoms with Gasteiger partial charge in [-0.1, -0.05) is 0 Å². The number of nitrogen functional groups attached to an aromatic ring is 1. The molecule has 0 aliphatic rings. The average Bonchev–Trinajstić information content (AvgIpc) is 2.28. The van der Waals surface area contributed by atoms with Crippen LogP contribution >= 0.6 is 0 Å². The largest absolute Gasteiger partial charge is 0.448 e. The minimum atomic E-state index is -1.03. The maximum absolute atomic E-state index is 13.3. The lowest BCUT2D eigenvalue weighted by atomic mass is 10.1. The van der Waals surface area contributed by atoms with E-state index < -0.39 is 29.2 Å². The normalized spacial score (nSPS) is 9.89. The van der Waals surface area contributed by atoms with E-state index in [0.29, 0.717) is 6.07 Å². The highest BCUT2D eigenvalue weighted by atomic mass is 19.1. The predicted octanol–water partition coefficient (Wildman–Crippen LogP) is 0.372. The first-order chi connectivity index (χ1) is 8.41. The fraction of sp³-hybridized carbons (Fsp3) is 0.200. The van der Waals surface area contributed by atoms with Crippen LogP contribution in [0, 0.1) is 11.6 Å². The van der Waals surface area contributed by atoms with Crippen molar-refractivity contribution in [3.63, 3.8) is 0 Å². The predicted molar refractivity (Wildman–Crippen MR) is 58.6 cm³/mol. The second-order valence-electron chi connectivity index (χ2n) is 3.28. The van der Waals surface area contributed by atoms with Crippen LogP contribution < -0.4 is 16.8 Å². The van der Waals surface area contributed by atoms with Crippen molar-refractivity contribution < 1.29 is 23.1 Å². The molecule has 0 saturated heterocycles. The average molecular weight is 259 g/mol. The van der Waals surface area contributed by atoms with Gasteiger partial charge in [-0.25, -0.2) is 13.6 Å². The molecule has 1 aromatic carbocycles. The molecule has 0 fully saturated rings. The van der Waals surface area contributed by atoms with Gasteiger partial charge in [0.2, 0.25) is 0 Å². The van der Waals surface area contributed by atoms with Gasteiger partial charge < -0.3 is 21.5 Å². The van der Waals surface area contributed by atoms with Gasteiger partial charge in [-0.3, -0.25) is 4.79 Å². The molecular formula is C10H11F2N3O3. The van der Waals surface area contributed by atoms with E-state index in [1.807, 2.05) is 0 Å². The zero-order chi connectivity index (χ0) is 13.7. The quantitative estimate of drug-likeness (QED) is 0.536. The van der Waals surface area contributed by atoms with Gasteiger partial charge in [-0.2, -0.15) is 0 Å². The summed E-state index contributed by atoms with van der Waals surface area (Å²) in [5, 5.41) is 2.25. The van der Waals surface area contributed by atoms with Crippen LogP contribution in [0.5, 0.6) is 0 Å². The molecule has 8 heteroatoms. The SMILES string of the molecule is NC(=O)OCCNC(=O)c1cc(N)c(F)cc1F. The van der Waals surface area contributed by atoms with E-state index >= 15 is 0 Å². The Morgan fingerprint density at radius 2 is 1.94 bits per heavy atom. The summed E-state index contributed by atoms with van der Waals surface area (Å²) in [4.78, 5) is 21.7. The molecule has 0 aliphatic heterocycles. The van der Waals surface area contributed by atoms with E-state index in [4.69, 9.17) is 5.73 Å². The molecule has 0 radical (unpaired) electrons. The number of benzene rings is 1. The van der Waals surface area contributed by atoms with E-state index in [1.165, 1.54) is 0 Å². The molecule has 0 saturated carbocycles. The molecule has 98 valence electrons. The molecule has 0 heterocycles. The molecule has 18 heavy (non-hydrogen) atoms. The number of hydrogen-bond acceptors (Lipinski definition) is 4. The lowest BCUT2D eigenvalue weighted by Crippen LogP contribution is -2.29. The molecule has 0 atom stereocenters. The van der Waals surface area contributed by atoms with Gasteiger partial charge in [-0.05, 0) is 6.07 Å². The van der Waals surface area contributed by atoms with Gasteiger partial charge in [-0.15, -0.1) is 0 Å². The molecule has 0 unspecified atom stereocenters. The van der Waals surface area contributed by atoms with Crippen molar-refractivity contribution in [2.75, 3.05) is 18.9 Å². The lowest BCUT2D eigenvalue weighted by molar-refractivity contribution is 0.0932. The third kappa shape index (κ3) is 3.58. The molecule has 1 rings (SSSR count). The van der Waals surface area contributed by atoms with Crippen LogP contribution in [0.15, 0.2) is 12.1 Å². The maximum atomic E-state index is 13.3. The van der Waals surface area contributed by atoms with Crippen molar-refractivity contribution >= 4 is 17.7 Å². The number of nitrogens with one attached hydrogen (secondary N) is 1. The Morgan fingerprint density at radius 3 is 2.56 bits per heavy atom. The molecule has 0 aromatic heterocycles. The fourth-order valence-electron chi connectivity index (χ4n) is 1.15. The van der Waals surface area contributed by atoms with E-state index in [2.05, 4.69) is 15.8 Å². The highest BCUT2D eigenvalue weighted by Gasteiger charge is 2.14. The monoisotopic (exact) mass is 259 g/mol.